The van der Waals surface area contributed by atoms with Gasteiger partial charge in [-0.25, -0.2) is 0 Å². The summed E-state index contributed by atoms with van der Waals surface area (Å²) in [5.74, 6) is -0.964. The molecule has 1 amide bonds. The molecule has 100 valence electrons. The van der Waals surface area contributed by atoms with Gasteiger partial charge in [0.1, 0.15) is 11.0 Å². The van der Waals surface area contributed by atoms with Crippen molar-refractivity contribution < 1.29 is 4.79 Å². The average Bonchev–Trinajstić information content (AvgIpc) is 2.82. The van der Waals surface area contributed by atoms with Gasteiger partial charge in [-0.15, -0.1) is 0 Å². The number of aromatic nitrogens is 2. The Morgan fingerprint density at radius 1 is 1.42 bits per heavy atom. The molecule has 0 saturated heterocycles. The highest BCUT2D eigenvalue weighted by atomic mass is 35.5. The number of carbonyl (C=O) groups is 1. The van der Waals surface area contributed by atoms with Crippen LogP contribution in [0.25, 0.3) is 11.0 Å². The minimum atomic E-state index is -0.608. The fraction of sp³-hybridized carbons (Fsp3) is 0.200. The number of carbonyl (C=O) groups excluding carboxylic acids is 1. The van der Waals surface area contributed by atoms with Gasteiger partial charge in [0.25, 0.3) is 0 Å². The average molecular weight is 335 g/mol. The third-order valence-corrected chi connectivity index (χ3v) is 3.98. The van der Waals surface area contributed by atoms with Crippen LogP contribution in [0.4, 0.5) is 5.69 Å². The van der Waals surface area contributed by atoms with Crippen molar-refractivity contribution in [3.8, 4) is 0 Å². The molecule has 1 atom stereocenters. The Bertz CT molecular complexity index is 673. The number of thiocarbonyl (C=S) groups is 1. The molecule has 0 aliphatic carbocycles. The minimum absolute atomic E-state index is 0.107. The lowest BCUT2D eigenvalue weighted by atomic mass is 10.1. The van der Waals surface area contributed by atoms with Crippen molar-refractivity contribution in [3.63, 3.8) is 0 Å². The molecule has 1 aromatic carbocycles. The molecule has 0 bridgehead atoms. The molecule has 3 N–H and O–H groups in total. The smallest absolute Gasteiger partial charge is 0.234 e. The number of amides is 1. The first-order valence-electron chi connectivity index (χ1n) is 5.12. The summed E-state index contributed by atoms with van der Waals surface area (Å²) >= 11 is 17.8. The molecule has 1 unspecified atom stereocenters. The van der Waals surface area contributed by atoms with Crippen molar-refractivity contribution in [2.24, 2.45) is 11.7 Å². The lowest BCUT2D eigenvalue weighted by molar-refractivity contribution is -0.117. The number of nitrogens with two attached hydrogens (primary N) is 1. The fourth-order valence-corrected chi connectivity index (χ4v) is 2.62. The fourth-order valence-electron chi connectivity index (χ4n) is 1.35. The number of anilines is 1. The first kappa shape index (κ1) is 14.4. The van der Waals surface area contributed by atoms with Crippen LogP contribution < -0.4 is 11.1 Å². The number of hydrogen-bond acceptors (Lipinski definition) is 5. The Kier molecular flexibility index (Phi) is 4.19. The lowest BCUT2D eigenvalue weighted by Crippen LogP contribution is -2.31. The van der Waals surface area contributed by atoms with Crippen LogP contribution in [0.2, 0.25) is 10.0 Å². The molecule has 0 aliphatic heterocycles. The maximum atomic E-state index is 11.9. The topological polar surface area (TPSA) is 80.9 Å². The van der Waals surface area contributed by atoms with E-state index in [1.165, 1.54) is 6.07 Å². The molecule has 19 heavy (non-hydrogen) atoms. The van der Waals surface area contributed by atoms with Gasteiger partial charge < -0.3 is 11.1 Å². The second kappa shape index (κ2) is 5.54. The van der Waals surface area contributed by atoms with E-state index in [1.807, 2.05) is 0 Å². The van der Waals surface area contributed by atoms with E-state index >= 15 is 0 Å². The number of halogens is 2. The predicted octanol–water partition coefficient (Wildman–Crippen LogP) is 2.86. The molecule has 0 spiro atoms. The Hall–Kier alpha value is -1.02. The third kappa shape index (κ3) is 2.79. The second-order valence-corrected chi connectivity index (χ2v) is 5.60. The quantitative estimate of drug-likeness (QED) is 0.843. The van der Waals surface area contributed by atoms with Gasteiger partial charge >= 0.3 is 0 Å². The van der Waals surface area contributed by atoms with Crippen LogP contribution in [0, 0.1) is 5.92 Å². The molecule has 1 heterocycles. The second-order valence-electron chi connectivity index (χ2n) is 3.79. The predicted molar refractivity (Wildman–Crippen MR) is 82.0 cm³/mol. The molecule has 0 fully saturated rings. The summed E-state index contributed by atoms with van der Waals surface area (Å²) in [7, 11) is 0. The lowest BCUT2D eigenvalue weighted by Gasteiger charge is -2.12. The highest BCUT2D eigenvalue weighted by Crippen LogP contribution is 2.35. The summed E-state index contributed by atoms with van der Waals surface area (Å²) in [4.78, 5) is 12.0. The first-order valence-corrected chi connectivity index (χ1v) is 7.01. The highest BCUT2D eigenvalue weighted by molar-refractivity contribution is 7.80. The van der Waals surface area contributed by atoms with Crippen molar-refractivity contribution in [1.29, 1.82) is 0 Å². The molecule has 2 aromatic rings. The third-order valence-electron chi connectivity index (χ3n) is 2.51. The van der Waals surface area contributed by atoms with E-state index in [2.05, 4.69) is 14.1 Å². The van der Waals surface area contributed by atoms with Gasteiger partial charge in [-0.1, -0.05) is 35.4 Å². The van der Waals surface area contributed by atoms with E-state index in [0.29, 0.717) is 21.7 Å². The SMILES string of the molecule is CC(C(=O)Nc1c(Cl)cc(Cl)c2nsnc12)C(N)=S. The van der Waals surface area contributed by atoms with Gasteiger partial charge in [0.15, 0.2) is 0 Å². The van der Waals surface area contributed by atoms with Gasteiger partial charge in [0, 0.05) is 0 Å². The van der Waals surface area contributed by atoms with Gasteiger partial charge in [0.2, 0.25) is 5.91 Å². The van der Waals surface area contributed by atoms with Crippen molar-refractivity contribution in [1.82, 2.24) is 8.75 Å². The molecule has 1 aromatic heterocycles. The highest BCUT2D eigenvalue weighted by Gasteiger charge is 2.20. The molecule has 0 radical (unpaired) electrons. The van der Waals surface area contributed by atoms with E-state index in [4.69, 9.17) is 41.2 Å². The van der Waals surface area contributed by atoms with Gasteiger partial charge in [-0.05, 0) is 13.0 Å². The number of fused-ring (bicyclic) bond motifs is 1. The van der Waals surface area contributed by atoms with Crippen LogP contribution in [-0.2, 0) is 4.79 Å². The number of benzene rings is 1. The zero-order valence-corrected chi connectivity index (χ0v) is 12.8. The summed E-state index contributed by atoms with van der Waals surface area (Å²) in [5, 5.41) is 3.32. The van der Waals surface area contributed by atoms with E-state index in [-0.39, 0.29) is 15.9 Å². The van der Waals surface area contributed by atoms with Crippen LogP contribution in [0.3, 0.4) is 0 Å². The Morgan fingerprint density at radius 2 is 2.05 bits per heavy atom. The van der Waals surface area contributed by atoms with E-state index in [1.54, 1.807) is 6.92 Å². The van der Waals surface area contributed by atoms with Crippen LogP contribution in [0.15, 0.2) is 6.07 Å². The zero-order chi connectivity index (χ0) is 14.2. The first-order chi connectivity index (χ1) is 8.91. The molecular weight excluding hydrogens is 327 g/mol. The van der Waals surface area contributed by atoms with Gasteiger partial charge in [-0.2, -0.15) is 8.75 Å². The molecule has 5 nitrogen and oxygen atoms in total. The Labute approximate surface area is 128 Å². The molecule has 2 rings (SSSR count). The van der Waals surface area contributed by atoms with Crippen molar-refractivity contribution >= 4 is 74.8 Å². The molecule has 0 aliphatic rings. The molecule has 9 heteroatoms. The van der Waals surface area contributed by atoms with E-state index in [0.717, 1.165) is 11.7 Å². The van der Waals surface area contributed by atoms with Gasteiger partial charge in [0.05, 0.1) is 38.4 Å². The Morgan fingerprint density at radius 3 is 2.68 bits per heavy atom. The molecule has 0 saturated carbocycles. The van der Waals surface area contributed by atoms with Crippen LogP contribution in [-0.4, -0.2) is 19.6 Å². The number of nitrogens with one attached hydrogen (secondary N) is 1. The summed E-state index contributed by atoms with van der Waals surface area (Å²) in [6.45, 7) is 1.61. The van der Waals surface area contributed by atoms with Crippen molar-refractivity contribution in [2.45, 2.75) is 6.92 Å². The van der Waals surface area contributed by atoms with Crippen LogP contribution in [0.1, 0.15) is 6.92 Å². The number of nitrogens with zero attached hydrogens (tertiary/aromatic N) is 2. The van der Waals surface area contributed by atoms with E-state index < -0.39 is 5.92 Å². The monoisotopic (exact) mass is 334 g/mol. The van der Waals surface area contributed by atoms with Crippen LogP contribution in [0.5, 0.6) is 0 Å². The summed E-state index contributed by atoms with van der Waals surface area (Å²) in [6.07, 6.45) is 0. The maximum Gasteiger partial charge on any atom is 0.234 e. The minimum Gasteiger partial charge on any atom is -0.393 e. The normalized spacial score (nSPS) is 12.4. The van der Waals surface area contributed by atoms with E-state index in [9.17, 15) is 4.79 Å². The van der Waals surface area contributed by atoms with Crippen molar-refractivity contribution in [2.75, 3.05) is 5.32 Å². The Balaban J connectivity index is 2.43. The largest absolute Gasteiger partial charge is 0.393 e. The van der Waals surface area contributed by atoms with Crippen molar-refractivity contribution in [3.05, 3.63) is 16.1 Å². The summed E-state index contributed by atoms with van der Waals surface area (Å²) in [6, 6.07) is 1.51. The number of hydrogen-bond donors (Lipinski definition) is 2. The van der Waals surface area contributed by atoms with Gasteiger partial charge in [-0.3, -0.25) is 4.79 Å². The zero-order valence-electron chi connectivity index (χ0n) is 9.61. The standard InChI is InChI=1S/C10H8Cl2N4OS2/c1-3(9(13)18)10(17)14-6-4(11)2-5(12)7-8(6)16-19-15-7/h2-3H,1H3,(H2,13,18)(H,14,17). The maximum absolute atomic E-state index is 11.9. The van der Waals surface area contributed by atoms with Crippen LogP contribution >= 0.6 is 47.1 Å². The summed E-state index contributed by atoms with van der Waals surface area (Å²) in [5.41, 5.74) is 6.74. The molecular formula is C10H8Cl2N4OS2. The number of rotatable bonds is 3. The summed E-state index contributed by atoms with van der Waals surface area (Å²) < 4.78 is 8.13.